The number of imidazole rings is 1. The van der Waals surface area contributed by atoms with Crippen LogP contribution in [0.5, 0.6) is 5.88 Å². The van der Waals surface area contributed by atoms with Crippen molar-refractivity contribution in [3.63, 3.8) is 0 Å². The molecule has 5 nitrogen and oxygen atoms in total. The summed E-state index contributed by atoms with van der Waals surface area (Å²) in [6.45, 7) is 8.50. The number of hydrogen-bond donors (Lipinski definition) is 1. The molecule has 0 aliphatic rings. The zero-order chi connectivity index (χ0) is 14.4. The van der Waals surface area contributed by atoms with E-state index >= 15 is 0 Å². The SMILES string of the molecule is CCn1ccnc1CNCc1cccnc1OC(C)C. The summed E-state index contributed by atoms with van der Waals surface area (Å²) >= 11 is 0. The van der Waals surface area contributed by atoms with E-state index in [1.165, 1.54) is 0 Å². The Bertz CT molecular complexity index is 536. The zero-order valence-corrected chi connectivity index (χ0v) is 12.3. The summed E-state index contributed by atoms with van der Waals surface area (Å²) in [5.41, 5.74) is 1.07. The second-order valence-electron chi connectivity index (χ2n) is 4.87. The van der Waals surface area contributed by atoms with Gasteiger partial charge in [0.15, 0.2) is 0 Å². The molecule has 0 saturated carbocycles. The van der Waals surface area contributed by atoms with Crippen LogP contribution < -0.4 is 10.1 Å². The monoisotopic (exact) mass is 274 g/mol. The fourth-order valence-electron chi connectivity index (χ4n) is 1.99. The van der Waals surface area contributed by atoms with Crippen LogP contribution in [-0.2, 0) is 19.6 Å². The minimum absolute atomic E-state index is 0.127. The summed E-state index contributed by atoms with van der Waals surface area (Å²) in [5, 5.41) is 3.39. The third kappa shape index (κ3) is 3.81. The van der Waals surface area contributed by atoms with Crippen molar-refractivity contribution in [2.45, 2.75) is 46.5 Å². The molecule has 0 bridgehead atoms. The molecule has 0 aliphatic heterocycles. The summed E-state index contributed by atoms with van der Waals surface area (Å²) in [4.78, 5) is 8.63. The summed E-state index contributed by atoms with van der Waals surface area (Å²) in [5.74, 6) is 1.75. The Kier molecular flexibility index (Phi) is 5.12. The molecule has 0 fully saturated rings. The Hall–Kier alpha value is -1.88. The number of aromatic nitrogens is 3. The first-order valence-electron chi connectivity index (χ1n) is 7.02. The Morgan fingerprint density at radius 1 is 1.25 bits per heavy atom. The van der Waals surface area contributed by atoms with Gasteiger partial charge in [-0.1, -0.05) is 6.07 Å². The van der Waals surface area contributed by atoms with Gasteiger partial charge in [-0.25, -0.2) is 9.97 Å². The van der Waals surface area contributed by atoms with Crippen LogP contribution >= 0.6 is 0 Å². The van der Waals surface area contributed by atoms with Crippen LogP contribution in [0.2, 0.25) is 0 Å². The first-order valence-corrected chi connectivity index (χ1v) is 7.02. The molecule has 0 radical (unpaired) electrons. The molecule has 5 heteroatoms. The van der Waals surface area contributed by atoms with E-state index in [0.717, 1.165) is 24.5 Å². The van der Waals surface area contributed by atoms with Gasteiger partial charge in [-0.05, 0) is 26.8 Å². The molecule has 2 aromatic rings. The van der Waals surface area contributed by atoms with Gasteiger partial charge in [0.05, 0.1) is 12.6 Å². The first-order chi connectivity index (χ1) is 9.70. The molecule has 108 valence electrons. The lowest BCUT2D eigenvalue weighted by Gasteiger charge is -2.13. The van der Waals surface area contributed by atoms with Gasteiger partial charge in [0.2, 0.25) is 5.88 Å². The van der Waals surface area contributed by atoms with E-state index < -0.39 is 0 Å². The molecule has 1 N–H and O–H groups in total. The molecule has 0 aromatic carbocycles. The maximum absolute atomic E-state index is 5.71. The molecule has 0 spiro atoms. The molecule has 0 aliphatic carbocycles. The molecular weight excluding hydrogens is 252 g/mol. The van der Waals surface area contributed by atoms with Crippen LogP contribution in [-0.4, -0.2) is 20.6 Å². The molecule has 0 amide bonds. The average molecular weight is 274 g/mol. The van der Waals surface area contributed by atoms with Crippen LogP contribution in [0.15, 0.2) is 30.7 Å². The second-order valence-corrected chi connectivity index (χ2v) is 4.87. The highest BCUT2D eigenvalue weighted by Crippen LogP contribution is 2.15. The number of ether oxygens (including phenoxy) is 1. The predicted octanol–water partition coefficient (Wildman–Crippen LogP) is 2.38. The van der Waals surface area contributed by atoms with Gasteiger partial charge in [0.1, 0.15) is 5.82 Å². The van der Waals surface area contributed by atoms with E-state index in [9.17, 15) is 0 Å². The Morgan fingerprint density at radius 2 is 2.10 bits per heavy atom. The van der Waals surface area contributed by atoms with Crippen molar-refractivity contribution in [3.05, 3.63) is 42.1 Å². The van der Waals surface area contributed by atoms with E-state index in [-0.39, 0.29) is 6.10 Å². The Balaban J connectivity index is 1.94. The number of nitrogens with zero attached hydrogens (tertiary/aromatic N) is 3. The lowest BCUT2D eigenvalue weighted by Crippen LogP contribution is -2.18. The van der Waals surface area contributed by atoms with Crippen LogP contribution in [0, 0.1) is 0 Å². The van der Waals surface area contributed by atoms with Crippen molar-refractivity contribution in [1.82, 2.24) is 19.9 Å². The lowest BCUT2D eigenvalue weighted by molar-refractivity contribution is 0.229. The Labute approximate surface area is 120 Å². The molecule has 20 heavy (non-hydrogen) atoms. The number of rotatable bonds is 7. The Morgan fingerprint density at radius 3 is 2.85 bits per heavy atom. The minimum Gasteiger partial charge on any atom is -0.475 e. The smallest absolute Gasteiger partial charge is 0.218 e. The average Bonchev–Trinajstić information content (AvgIpc) is 2.87. The quantitative estimate of drug-likeness (QED) is 0.842. The highest BCUT2D eigenvalue weighted by atomic mass is 16.5. The van der Waals surface area contributed by atoms with Crippen LogP contribution in [0.25, 0.3) is 0 Å². The fraction of sp³-hybridized carbons (Fsp3) is 0.467. The normalized spacial score (nSPS) is 11.0. The summed E-state index contributed by atoms with van der Waals surface area (Å²) in [6.07, 6.45) is 5.71. The third-order valence-corrected chi connectivity index (χ3v) is 2.94. The summed E-state index contributed by atoms with van der Waals surface area (Å²) in [6, 6.07) is 3.96. The van der Waals surface area contributed by atoms with Crippen molar-refractivity contribution in [2.24, 2.45) is 0 Å². The van der Waals surface area contributed by atoms with Crippen LogP contribution in [0.3, 0.4) is 0 Å². The van der Waals surface area contributed by atoms with E-state index in [0.29, 0.717) is 12.4 Å². The van der Waals surface area contributed by atoms with Crippen molar-refractivity contribution >= 4 is 0 Å². The number of nitrogens with one attached hydrogen (secondary N) is 1. The number of aryl methyl sites for hydroxylation is 1. The van der Waals surface area contributed by atoms with Crippen LogP contribution in [0.4, 0.5) is 0 Å². The number of pyridine rings is 1. The van der Waals surface area contributed by atoms with Gasteiger partial charge in [0.25, 0.3) is 0 Å². The van der Waals surface area contributed by atoms with E-state index in [2.05, 4.69) is 26.8 Å². The largest absolute Gasteiger partial charge is 0.475 e. The molecule has 0 saturated heterocycles. The van der Waals surface area contributed by atoms with E-state index in [4.69, 9.17) is 4.74 Å². The zero-order valence-electron chi connectivity index (χ0n) is 12.3. The van der Waals surface area contributed by atoms with Crippen molar-refractivity contribution in [2.75, 3.05) is 0 Å². The molecule has 2 heterocycles. The number of hydrogen-bond acceptors (Lipinski definition) is 4. The lowest BCUT2D eigenvalue weighted by atomic mass is 10.2. The molecule has 0 atom stereocenters. The maximum atomic E-state index is 5.71. The first kappa shape index (κ1) is 14.5. The van der Waals surface area contributed by atoms with Gasteiger partial charge in [-0.2, -0.15) is 0 Å². The third-order valence-electron chi connectivity index (χ3n) is 2.94. The van der Waals surface area contributed by atoms with Gasteiger partial charge < -0.3 is 14.6 Å². The summed E-state index contributed by atoms with van der Waals surface area (Å²) in [7, 11) is 0. The maximum Gasteiger partial charge on any atom is 0.218 e. The van der Waals surface area contributed by atoms with Gasteiger partial charge >= 0.3 is 0 Å². The predicted molar refractivity (Wildman–Crippen MR) is 78.4 cm³/mol. The molecule has 2 aromatic heterocycles. The minimum atomic E-state index is 0.127. The second kappa shape index (κ2) is 7.05. The van der Waals surface area contributed by atoms with Gasteiger partial charge in [-0.3, -0.25) is 0 Å². The highest BCUT2D eigenvalue weighted by molar-refractivity contribution is 5.25. The van der Waals surface area contributed by atoms with Crippen molar-refractivity contribution in [1.29, 1.82) is 0 Å². The van der Waals surface area contributed by atoms with Crippen LogP contribution in [0.1, 0.15) is 32.2 Å². The molecule has 0 unspecified atom stereocenters. The van der Waals surface area contributed by atoms with Crippen molar-refractivity contribution < 1.29 is 4.74 Å². The fourth-order valence-corrected chi connectivity index (χ4v) is 1.99. The van der Waals surface area contributed by atoms with Gasteiger partial charge in [-0.15, -0.1) is 0 Å². The van der Waals surface area contributed by atoms with Gasteiger partial charge in [0, 0.05) is 37.2 Å². The molecular formula is C15H22N4O. The summed E-state index contributed by atoms with van der Waals surface area (Å²) < 4.78 is 7.83. The molecule has 2 rings (SSSR count). The van der Waals surface area contributed by atoms with E-state index in [1.807, 2.05) is 38.4 Å². The topological polar surface area (TPSA) is 52.0 Å². The highest BCUT2D eigenvalue weighted by Gasteiger charge is 2.07. The van der Waals surface area contributed by atoms with E-state index in [1.54, 1.807) is 6.20 Å². The standard InChI is InChI=1S/C15H22N4O/c1-4-19-9-8-17-14(19)11-16-10-13-6-5-7-18-15(13)20-12(2)3/h5-9,12,16H,4,10-11H2,1-3H3. The van der Waals surface area contributed by atoms with Crippen molar-refractivity contribution in [3.8, 4) is 5.88 Å².